The van der Waals surface area contributed by atoms with Crippen LogP contribution in [0.15, 0.2) is 18.3 Å². The first-order chi connectivity index (χ1) is 9.33. The third-order valence-electron chi connectivity index (χ3n) is 2.73. The van der Waals surface area contributed by atoms with Crippen LogP contribution in [0.4, 0.5) is 19.0 Å². The van der Waals surface area contributed by atoms with E-state index in [0.717, 1.165) is 5.56 Å². The molecular weight excluding hydrogens is 267 g/mol. The minimum absolute atomic E-state index is 0.269. The van der Waals surface area contributed by atoms with E-state index in [4.69, 9.17) is 0 Å². The molecule has 0 spiro atoms. The Morgan fingerprint density at radius 2 is 2.05 bits per heavy atom. The maximum absolute atomic E-state index is 12.7. The van der Waals surface area contributed by atoms with Crippen LogP contribution in [0, 0.1) is 0 Å². The van der Waals surface area contributed by atoms with E-state index in [1.165, 1.54) is 11.1 Å². The Labute approximate surface area is 118 Å². The summed E-state index contributed by atoms with van der Waals surface area (Å²) in [4.78, 5) is 5.45. The minimum atomic E-state index is -4.23. The molecule has 0 bridgehead atoms. The fraction of sp³-hybridized carbons (Fsp3) is 0.643. The highest BCUT2D eigenvalue weighted by atomic mass is 19.4. The molecule has 1 aromatic rings. The number of halogens is 3. The summed E-state index contributed by atoms with van der Waals surface area (Å²) in [6.07, 6.45) is -2.05. The number of hydrogen-bond acceptors (Lipinski definition) is 3. The first kappa shape index (κ1) is 16.8. The van der Waals surface area contributed by atoms with Crippen molar-refractivity contribution >= 4 is 5.82 Å². The van der Waals surface area contributed by atoms with Crippen molar-refractivity contribution in [2.24, 2.45) is 0 Å². The van der Waals surface area contributed by atoms with E-state index in [1.54, 1.807) is 6.07 Å². The van der Waals surface area contributed by atoms with Crippen molar-refractivity contribution < 1.29 is 13.2 Å². The summed E-state index contributed by atoms with van der Waals surface area (Å²) < 4.78 is 38.0. The van der Waals surface area contributed by atoms with Gasteiger partial charge in [-0.15, -0.1) is 0 Å². The summed E-state index contributed by atoms with van der Waals surface area (Å²) >= 11 is 0. The quantitative estimate of drug-likeness (QED) is 0.834. The molecule has 0 unspecified atom stereocenters. The number of hydrogen-bond donors (Lipinski definition) is 1. The Balaban J connectivity index is 2.94. The van der Waals surface area contributed by atoms with Gasteiger partial charge in [-0.1, -0.05) is 26.8 Å². The van der Waals surface area contributed by atoms with Gasteiger partial charge in [0.1, 0.15) is 12.4 Å². The predicted molar refractivity (Wildman–Crippen MR) is 74.8 cm³/mol. The van der Waals surface area contributed by atoms with Crippen molar-refractivity contribution in [2.45, 2.75) is 46.0 Å². The number of alkyl halides is 3. The summed E-state index contributed by atoms with van der Waals surface area (Å²) in [5.41, 5.74) is 0.791. The van der Waals surface area contributed by atoms with Crippen molar-refractivity contribution in [2.75, 3.05) is 18.0 Å². The number of anilines is 1. The molecule has 6 heteroatoms. The van der Waals surface area contributed by atoms with Crippen molar-refractivity contribution in [3.63, 3.8) is 0 Å². The lowest BCUT2D eigenvalue weighted by Gasteiger charge is -2.26. The fourth-order valence-corrected chi connectivity index (χ4v) is 1.91. The Kier molecular flexibility index (Phi) is 6.26. The number of aromatic nitrogens is 1. The van der Waals surface area contributed by atoms with Gasteiger partial charge in [-0.3, -0.25) is 0 Å². The highest BCUT2D eigenvalue weighted by molar-refractivity contribution is 5.46. The fourth-order valence-electron chi connectivity index (χ4n) is 1.91. The Hall–Kier alpha value is -1.30. The Morgan fingerprint density at radius 1 is 1.35 bits per heavy atom. The number of nitrogens with zero attached hydrogens (tertiary/aromatic N) is 2. The van der Waals surface area contributed by atoms with Crippen LogP contribution in [0.3, 0.4) is 0 Å². The van der Waals surface area contributed by atoms with Gasteiger partial charge < -0.3 is 10.2 Å². The molecule has 0 fully saturated rings. The maximum atomic E-state index is 12.7. The van der Waals surface area contributed by atoms with Gasteiger partial charge in [0.15, 0.2) is 0 Å². The Bertz CT molecular complexity index is 405. The van der Waals surface area contributed by atoms with E-state index < -0.39 is 12.7 Å². The summed E-state index contributed by atoms with van der Waals surface area (Å²) in [5, 5.41) is 3.21. The third-order valence-corrected chi connectivity index (χ3v) is 2.73. The minimum Gasteiger partial charge on any atom is -0.347 e. The van der Waals surface area contributed by atoms with Crippen molar-refractivity contribution in [3.8, 4) is 0 Å². The molecule has 1 aromatic heterocycles. The third kappa shape index (κ3) is 5.77. The lowest BCUT2D eigenvalue weighted by atomic mass is 10.2. The molecule has 0 saturated carbocycles. The molecule has 114 valence electrons. The molecule has 0 atom stereocenters. The van der Waals surface area contributed by atoms with Gasteiger partial charge in [-0.05, 0) is 12.5 Å². The first-order valence-electron chi connectivity index (χ1n) is 6.82. The SMILES string of the molecule is CCCN(CC(F)(F)F)c1ncccc1CNC(C)C. The van der Waals surface area contributed by atoms with E-state index in [-0.39, 0.29) is 6.04 Å². The van der Waals surface area contributed by atoms with Gasteiger partial charge in [0.25, 0.3) is 0 Å². The highest BCUT2D eigenvalue weighted by Crippen LogP contribution is 2.23. The molecule has 3 nitrogen and oxygen atoms in total. The summed E-state index contributed by atoms with van der Waals surface area (Å²) in [7, 11) is 0. The molecule has 0 amide bonds. The molecule has 20 heavy (non-hydrogen) atoms. The lowest BCUT2D eigenvalue weighted by Crippen LogP contribution is -2.36. The standard InChI is InChI=1S/C14H22F3N3/c1-4-8-20(10-14(15,16)17)13-12(6-5-7-18-13)9-19-11(2)3/h5-7,11,19H,4,8-10H2,1-3H3. The zero-order valence-electron chi connectivity index (χ0n) is 12.2. The van der Waals surface area contributed by atoms with Crippen LogP contribution in [-0.4, -0.2) is 30.3 Å². The molecule has 1 rings (SSSR count). The average Bonchev–Trinajstić information content (AvgIpc) is 2.34. The zero-order valence-corrected chi connectivity index (χ0v) is 12.2. The summed E-state index contributed by atoms with van der Waals surface area (Å²) in [5.74, 6) is 0.417. The molecule has 0 aliphatic rings. The van der Waals surface area contributed by atoms with Crippen molar-refractivity contribution in [1.29, 1.82) is 0 Å². The number of rotatable bonds is 7. The smallest absolute Gasteiger partial charge is 0.347 e. The number of nitrogens with one attached hydrogen (secondary N) is 1. The highest BCUT2D eigenvalue weighted by Gasteiger charge is 2.31. The summed E-state index contributed by atoms with van der Waals surface area (Å²) in [6.45, 7) is 5.74. The first-order valence-corrected chi connectivity index (χ1v) is 6.82. The lowest BCUT2D eigenvalue weighted by molar-refractivity contribution is -0.119. The number of pyridine rings is 1. The van der Waals surface area contributed by atoms with Crippen LogP contribution in [0.25, 0.3) is 0 Å². The van der Waals surface area contributed by atoms with Crippen LogP contribution < -0.4 is 10.2 Å². The van der Waals surface area contributed by atoms with E-state index in [0.29, 0.717) is 25.3 Å². The summed E-state index contributed by atoms with van der Waals surface area (Å²) in [6, 6.07) is 3.83. The van der Waals surface area contributed by atoms with E-state index in [1.807, 2.05) is 26.8 Å². The zero-order chi connectivity index (χ0) is 15.2. The second-order valence-corrected chi connectivity index (χ2v) is 5.06. The van der Waals surface area contributed by atoms with Crippen LogP contribution in [0.5, 0.6) is 0 Å². The van der Waals surface area contributed by atoms with Gasteiger partial charge in [0.2, 0.25) is 0 Å². The molecule has 0 aliphatic heterocycles. The molecule has 0 aliphatic carbocycles. The predicted octanol–water partition coefficient (Wildman–Crippen LogP) is 3.36. The molecular formula is C14H22F3N3. The van der Waals surface area contributed by atoms with E-state index >= 15 is 0 Å². The van der Waals surface area contributed by atoms with Gasteiger partial charge in [-0.25, -0.2) is 4.98 Å². The van der Waals surface area contributed by atoms with Crippen LogP contribution in [0.2, 0.25) is 0 Å². The van der Waals surface area contributed by atoms with E-state index in [9.17, 15) is 13.2 Å². The molecule has 0 saturated heterocycles. The molecule has 1 heterocycles. The van der Waals surface area contributed by atoms with Crippen molar-refractivity contribution in [1.82, 2.24) is 10.3 Å². The molecule has 0 radical (unpaired) electrons. The topological polar surface area (TPSA) is 28.2 Å². The second-order valence-electron chi connectivity index (χ2n) is 5.06. The van der Waals surface area contributed by atoms with Gasteiger partial charge in [-0.2, -0.15) is 13.2 Å². The monoisotopic (exact) mass is 289 g/mol. The van der Waals surface area contributed by atoms with Crippen LogP contribution in [0.1, 0.15) is 32.8 Å². The molecule has 0 aromatic carbocycles. The maximum Gasteiger partial charge on any atom is 0.405 e. The Morgan fingerprint density at radius 3 is 2.60 bits per heavy atom. The van der Waals surface area contributed by atoms with Crippen LogP contribution >= 0.6 is 0 Å². The van der Waals surface area contributed by atoms with Gasteiger partial charge in [0, 0.05) is 30.9 Å². The second kappa shape index (κ2) is 7.47. The largest absolute Gasteiger partial charge is 0.405 e. The average molecular weight is 289 g/mol. The molecule has 1 N–H and O–H groups in total. The van der Waals surface area contributed by atoms with Gasteiger partial charge in [0.05, 0.1) is 0 Å². The van der Waals surface area contributed by atoms with Crippen LogP contribution in [-0.2, 0) is 6.54 Å². The normalized spacial score (nSPS) is 11.9. The van der Waals surface area contributed by atoms with Crippen molar-refractivity contribution in [3.05, 3.63) is 23.9 Å². The van der Waals surface area contributed by atoms with Gasteiger partial charge >= 0.3 is 6.18 Å². The van der Waals surface area contributed by atoms with E-state index in [2.05, 4.69) is 10.3 Å².